The summed E-state index contributed by atoms with van der Waals surface area (Å²) in [5.74, 6) is -0.196. The fraction of sp³-hybridized carbons (Fsp3) is 0.571. The Morgan fingerprint density at radius 1 is 1.71 bits per heavy atom. The van der Waals surface area contributed by atoms with Gasteiger partial charge in [-0.15, -0.1) is 5.10 Å². The van der Waals surface area contributed by atoms with Crippen molar-refractivity contribution < 1.29 is 9.53 Å². The molecule has 76 valence electrons. The molecule has 1 saturated heterocycles. The fourth-order valence-electron chi connectivity index (χ4n) is 1.17. The standard InChI is InChI=1S/C7H8BrN3O2S/c8-4-1-13-2-5(4)9-7(12)6-3-14-11-10-6/h3-5H,1-2H2,(H,9,12). The molecular formula is C7H8BrN3O2S. The van der Waals surface area contributed by atoms with Crippen LogP contribution in [0.15, 0.2) is 5.38 Å². The number of hydrogen-bond acceptors (Lipinski definition) is 5. The number of nitrogens with zero attached hydrogens (tertiary/aromatic N) is 2. The highest BCUT2D eigenvalue weighted by molar-refractivity contribution is 9.09. The zero-order valence-electron chi connectivity index (χ0n) is 7.14. The Bertz CT molecular complexity index is 319. The SMILES string of the molecule is O=C(NC1COCC1Br)c1csnn1. The predicted molar refractivity (Wildman–Crippen MR) is 54.7 cm³/mol. The van der Waals surface area contributed by atoms with Gasteiger partial charge in [0.15, 0.2) is 5.69 Å². The van der Waals surface area contributed by atoms with E-state index in [0.717, 1.165) is 11.5 Å². The lowest BCUT2D eigenvalue weighted by Crippen LogP contribution is -2.40. The minimum Gasteiger partial charge on any atom is -0.378 e. The van der Waals surface area contributed by atoms with Crippen molar-refractivity contribution in [2.75, 3.05) is 13.2 Å². The summed E-state index contributed by atoms with van der Waals surface area (Å²) in [6, 6.07) is 0.0178. The molecule has 1 aliphatic heterocycles. The van der Waals surface area contributed by atoms with E-state index in [1.807, 2.05) is 0 Å². The van der Waals surface area contributed by atoms with Gasteiger partial charge in [-0.3, -0.25) is 4.79 Å². The summed E-state index contributed by atoms with van der Waals surface area (Å²) in [7, 11) is 0. The number of alkyl halides is 1. The molecule has 0 spiro atoms. The molecular weight excluding hydrogens is 270 g/mol. The van der Waals surface area contributed by atoms with E-state index in [9.17, 15) is 4.79 Å². The smallest absolute Gasteiger partial charge is 0.273 e. The van der Waals surface area contributed by atoms with Crippen molar-refractivity contribution in [3.05, 3.63) is 11.1 Å². The van der Waals surface area contributed by atoms with Crippen molar-refractivity contribution in [1.29, 1.82) is 0 Å². The van der Waals surface area contributed by atoms with Crippen LogP contribution in [0.5, 0.6) is 0 Å². The van der Waals surface area contributed by atoms with E-state index in [1.165, 1.54) is 0 Å². The van der Waals surface area contributed by atoms with Crippen LogP contribution in [0, 0.1) is 0 Å². The first-order chi connectivity index (χ1) is 6.77. The number of hydrogen-bond donors (Lipinski definition) is 1. The molecule has 1 amide bonds. The van der Waals surface area contributed by atoms with Gasteiger partial charge in [-0.2, -0.15) is 0 Å². The average Bonchev–Trinajstić information content (AvgIpc) is 2.77. The third kappa shape index (κ3) is 2.10. The van der Waals surface area contributed by atoms with Gasteiger partial charge in [0.25, 0.3) is 5.91 Å². The summed E-state index contributed by atoms with van der Waals surface area (Å²) in [6.45, 7) is 1.17. The largest absolute Gasteiger partial charge is 0.378 e. The first kappa shape index (κ1) is 10.0. The molecule has 0 radical (unpaired) electrons. The normalized spacial score (nSPS) is 26.4. The van der Waals surface area contributed by atoms with Crippen LogP contribution in [-0.2, 0) is 4.74 Å². The Balaban J connectivity index is 1.95. The molecule has 7 heteroatoms. The number of carbonyl (C=O) groups is 1. The summed E-state index contributed by atoms with van der Waals surface area (Å²) < 4.78 is 8.82. The molecule has 1 aromatic rings. The maximum atomic E-state index is 11.5. The van der Waals surface area contributed by atoms with E-state index in [-0.39, 0.29) is 16.8 Å². The molecule has 1 aromatic heterocycles. The molecule has 1 N–H and O–H groups in total. The molecule has 2 atom stereocenters. The zero-order valence-corrected chi connectivity index (χ0v) is 9.55. The lowest BCUT2D eigenvalue weighted by atomic mass is 10.2. The minimum absolute atomic E-state index is 0.0178. The van der Waals surface area contributed by atoms with E-state index < -0.39 is 0 Å². The van der Waals surface area contributed by atoms with Crippen LogP contribution in [-0.4, -0.2) is 39.6 Å². The lowest BCUT2D eigenvalue weighted by molar-refractivity contribution is 0.0925. The topological polar surface area (TPSA) is 64.1 Å². The first-order valence-corrected chi connectivity index (χ1v) is 5.82. The van der Waals surface area contributed by atoms with Gasteiger partial charge in [-0.25, -0.2) is 0 Å². The Kier molecular flexibility index (Phi) is 3.09. The summed E-state index contributed by atoms with van der Waals surface area (Å²) in [5, 5.41) is 8.13. The van der Waals surface area contributed by atoms with Crippen molar-refractivity contribution in [2.24, 2.45) is 0 Å². The van der Waals surface area contributed by atoms with E-state index in [1.54, 1.807) is 5.38 Å². The number of aromatic nitrogens is 2. The van der Waals surface area contributed by atoms with Crippen LogP contribution in [0.2, 0.25) is 0 Å². The molecule has 5 nitrogen and oxygen atoms in total. The van der Waals surface area contributed by atoms with Crippen LogP contribution in [0.4, 0.5) is 0 Å². The lowest BCUT2D eigenvalue weighted by Gasteiger charge is -2.12. The highest BCUT2D eigenvalue weighted by Crippen LogP contribution is 2.14. The number of rotatable bonds is 2. The quantitative estimate of drug-likeness (QED) is 0.797. The molecule has 1 fully saturated rings. The Morgan fingerprint density at radius 3 is 3.14 bits per heavy atom. The number of ether oxygens (including phenoxy) is 1. The third-order valence-electron chi connectivity index (χ3n) is 1.92. The second kappa shape index (κ2) is 4.33. The van der Waals surface area contributed by atoms with Crippen molar-refractivity contribution in [1.82, 2.24) is 14.9 Å². The van der Waals surface area contributed by atoms with Crippen molar-refractivity contribution >= 4 is 33.4 Å². The molecule has 0 aromatic carbocycles. The van der Waals surface area contributed by atoms with Gasteiger partial charge in [-0.1, -0.05) is 20.4 Å². The maximum Gasteiger partial charge on any atom is 0.273 e. The van der Waals surface area contributed by atoms with Gasteiger partial charge in [-0.05, 0) is 11.5 Å². The molecule has 2 unspecified atom stereocenters. The van der Waals surface area contributed by atoms with E-state index in [0.29, 0.717) is 18.9 Å². The number of carbonyl (C=O) groups excluding carboxylic acids is 1. The summed E-state index contributed by atoms with van der Waals surface area (Å²) in [5.41, 5.74) is 0.363. The van der Waals surface area contributed by atoms with Gasteiger partial charge in [0.1, 0.15) is 0 Å². The second-order valence-electron chi connectivity index (χ2n) is 2.92. The second-order valence-corrected chi connectivity index (χ2v) is 4.71. The third-order valence-corrected chi connectivity index (χ3v) is 3.33. The number of halogens is 1. The van der Waals surface area contributed by atoms with Gasteiger partial charge in [0.2, 0.25) is 0 Å². The van der Waals surface area contributed by atoms with Gasteiger partial charge in [0.05, 0.1) is 24.1 Å². The van der Waals surface area contributed by atoms with Gasteiger partial charge in [0, 0.05) is 5.38 Å². The summed E-state index contributed by atoms with van der Waals surface area (Å²) in [6.07, 6.45) is 0. The van der Waals surface area contributed by atoms with Crippen LogP contribution >= 0.6 is 27.5 Å². The average molecular weight is 278 g/mol. The van der Waals surface area contributed by atoms with Crippen LogP contribution in [0.25, 0.3) is 0 Å². The Morgan fingerprint density at radius 2 is 2.57 bits per heavy atom. The van der Waals surface area contributed by atoms with E-state index >= 15 is 0 Å². The van der Waals surface area contributed by atoms with Crippen molar-refractivity contribution in [3.8, 4) is 0 Å². The Labute approximate surface area is 93.1 Å². The van der Waals surface area contributed by atoms with Crippen molar-refractivity contribution in [2.45, 2.75) is 10.9 Å². The first-order valence-electron chi connectivity index (χ1n) is 4.07. The Hall–Kier alpha value is -0.530. The molecule has 2 heterocycles. The maximum absolute atomic E-state index is 11.5. The fourth-order valence-corrected chi connectivity index (χ4v) is 2.07. The molecule has 0 bridgehead atoms. The van der Waals surface area contributed by atoms with Gasteiger partial charge < -0.3 is 10.1 Å². The molecule has 0 saturated carbocycles. The molecule has 0 aliphatic carbocycles. The molecule has 1 aliphatic rings. The summed E-state index contributed by atoms with van der Waals surface area (Å²) >= 11 is 4.59. The van der Waals surface area contributed by atoms with Crippen molar-refractivity contribution in [3.63, 3.8) is 0 Å². The van der Waals surface area contributed by atoms with Crippen LogP contribution < -0.4 is 5.32 Å². The van der Waals surface area contributed by atoms with Gasteiger partial charge >= 0.3 is 0 Å². The highest BCUT2D eigenvalue weighted by Gasteiger charge is 2.27. The zero-order chi connectivity index (χ0) is 9.97. The van der Waals surface area contributed by atoms with Crippen LogP contribution in [0.1, 0.15) is 10.5 Å². The molecule has 14 heavy (non-hydrogen) atoms. The highest BCUT2D eigenvalue weighted by atomic mass is 79.9. The minimum atomic E-state index is -0.196. The predicted octanol–water partition coefficient (Wildman–Crippen LogP) is 0.430. The van der Waals surface area contributed by atoms with E-state index in [4.69, 9.17) is 4.74 Å². The molecule has 2 rings (SSSR count). The van der Waals surface area contributed by atoms with E-state index in [2.05, 4.69) is 30.8 Å². The number of amides is 1. The summed E-state index contributed by atoms with van der Waals surface area (Å²) in [4.78, 5) is 11.7. The van der Waals surface area contributed by atoms with Crippen LogP contribution in [0.3, 0.4) is 0 Å². The number of nitrogens with one attached hydrogen (secondary N) is 1. The monoisotopic (exact) mass is 277 g/mol.